The molecule has 0 aromatic heterocycles. The molecular formula is C16H25NO3. The van der Waals surface area contributed by atoms with Crippen LogP contribution in [0.1, 0.15) is 44.2 Å². The van der Waals surface area contributed by atoms with E-state index in [9.17, 15) is 0 Å². The van der Waals surface area contributed by atoms with E-state index in [0.29, 0.717) is 12.7 Å². The van der Waals surface area contributed by atoms with E-state index in [2.05, 4.69) is 0 Å². The summed E-state index contributed by atoms with van der Waals surface area (Å²) in [5, 5.41) is 0. The van der Waals surface area contributed by atoms with E-state index in [1.165, 1.54) is 12.8 Å². The molecule has 1 fully saturated rings. The van der Waals surface area contributed by atoms with Crippen LogP contribution in [0.2, 0.25) is 0 Å². The Bertz CT molecular complexity index is 414. The van der Waals surface area contributed by atoms with Gasteiger partial charge in [0, 0.05) is 24.3 Å². The van der Waals surface area contributed by atoms with Gasteiger partial charge < -0.3 is 19.9 Å². The first-order valence-electron chi connectivity index (χ1n) is 7.38. The Hall–Kier alpha value is -1.26. The van der Waals surface area contributed by atoms with Gasteiger partial charge in [0.05, 0.1) is 19.8 Å². The fourth-order valence-electron chi connectivity index (χ4n) is 2.51. The van der Waals surface area contributed by atoms with E-state index in [4.69, 9.17) is 19.9 Å². The van der Waals surface area contributed by atoms with Crippen molar-refractivity contribution in [3.05, 3.63) is 23.8 Å². The lowest BCUT2D eigenvalue weighted by Crippen LogP contribution is -2.11. The predicted molar refractivity (Wildman–Crippen MR) is 79.3 cm³/mol. The fourth-order valence-corrected chi connectivity index (χ4v) is 2.51. The van der Waals surface area contributed by atoms with Gasteiger partial charge in [-0.25, -0.2) is 0 Å². The zero-order valence-corrected chi connectivity index (χ0v) is 12.4. The smallest absolute Gasteiger partial charge is 0.127 e. The van der Waals surface area contributed by atoms with Gasteiger partial charge in [-0.05, 0) is 38.7 Å². The maximum atomic E-state index is 5.97. The normalized spacial score (nSPS) is 19.9. The topological polar surface area (TPSA) is 53.7 Å². The zero-order chi connectivity index (χ0) is 14.4. The molecule has 1 aromatic carbocycles. The van der Waals surface area contributed by atoms with Crippen LogP contribution in [0.25, 0.3) is 0 Å². The standard InChI is InChI=1S/C16H25NO3/c1-12(17)15-8-7-14(18-2)11-16(15)20-10-4-6-13-5-3-9-19-13/h7-8,11-13H,3-6,9-10,17H2,1-2H3/t12-,13?/m1/s1. The lowest BCUT2D eigenvalue weighted by Gasteiger charge is -2.16. The van der Waals surface area contributed by atoms with Gasteiger partial charge >= 0.3 is 0 Å². The van der Waals surface area contributed by atoms with Gasteiger partial charge in [0.15, 0.2) is 0 Å². The second-order valence-electron chi connectivity index (χ2n) is 5.32. The summed E-state index contributed by atoms with van der Waals surface area (Å²) in [5.74, 6) is 1.62. The van der Waals surface area contributed by atoms with Crippen molar-refractivity contribution < 1.29 is 14.2 Å². The highest BCUT2D eigenvalue weighted by Crippen LogP contribution is 2.29. The molecule has 1 aromatic rings. The molecule has 2 atom stereocenters. The number of benzene rings is 1. The van der Waals surface area contributed by atoms with Gasteiger partial charge in [-0.1, -0.05) is 6.07 Å². The van der Waals surface area contributed by atoms with Crippen LogP contribution >= 0.6 is 0 Å². The average Bonchev–Trinajstić information content (AvgIpc) is 2.96. The SMILES string of the molecule is COc1ccc([C@@H](C)N)c(OCCCC2CCCO2)c1. The number of ether oxygens (including phenoxy) is 3. The quantitative estimate of drug-likeness (QED) is 0.779. The molecule has 4 nitrogen and oxygen atoms in total. The third kappa shape index (κ3) is 4.12. The molecule has 0 aliphatic carbocycles. The molecule has 1 heterocycles. The summed E-state index contributed by atoms with van der Waals surface area (Å²) in [6.07, 6.45) is 4.87. The second kappa shape index (κ2) is 7.50. The molecule has 0 radical (unpaired) electrons. The summed E-state index contributed by atoms with van der Waals surface area (Å²) >= 11 is 0. The number of methoxy groups -OCH3 is 1. The molecule has 2 N–H and O–H groups in total. The van der Waals surface area contributed by atoms with E-state index < -0.39 is 0 Å². The minimum absolute atomic E-state index is 0.0472. The maximum Gasteiger partial charge on any atom is 0.127 e. The first-order valence-corrected chi connectivity index (χ1v) is 7.38. The third-order valence-electron chi connectivity index (χ3n) is 3.66. The molecule has 0 spiro atoms. The van der Waals surface area contributed by atoms with E-state index in [-0.39, 0.29) is 6.04 Å². The van der Waals surface area contributed by atoms with Gasteiger partial charge in [-0.3, -0.25) is 0 Å². The molecule has 4 heteroatoms. The fraction of sp³-hybridized carbons (Fsp3) is 0.625. The lowest BCUT2D eigenvalue weighted by atomic mass is 10.1. The molecule has 1 aliphatic heterocycles. The van der Waals surface area contributed by atoms with Crippen molar-refractivity contribution in [1.29, 1.82) is 0 Å². The highest BCUT2D eigenvalue weighted by molar-refractivity contribution is 5.42. The summed E-state index contributed by atoms with van der Waals surface area (Å²) in [6.45, 7) is 3.56. The molecule has 1 unspecified atom stereocenters. The van der Waals surface area contributed by atoms with E-state index >= 15 is 0 Å². The monoisotopic (exact) mass is 279 g/mol. The van der Waals surface area contributed by atoms with Crippen LogP contribution in [0, 0.1) is 0 Å². The van der Waals surface area contributed by atoms with E-state index in [0.717, 1.165) is 36.5 Å². The highest BCUT2D eigenvalue weighted by Gasteiger charge is 2.15. The van der Waals surface area contributed by atoms with Crippen molar-refractivity contribution in [2.24, 2.45) is 5.73 Å². The van der Waals surface area contributed by atoms with Crippen molar-refractivity contribution >= 4 is 0 Å². The Kier molecular flexibility index (Phi) is 5.68. The van der Waals surface area contributed by atoms with Gasteiger partial charge in [0.1, 0.15) is 11.5 Å². The van der Waals surface area contributed by atoms with Crippen molar-refractivity contribution in [2.45, 2.75) is 44.8 Å². The number of nitrogens with two attached hydrogens (primary N) is 1. The van der Waals surface area contributed by atoms with Crippen LogP contribution in [-0.4, -0.2) is 26.4 Å². The molecule has 1 aliphatic rings. The van der Waals surface area contributed by atoms with E-state index in [1.54, 1.807) is 7.11 Å². The van der Waals surface area contributed by atoms with Crippen molar-refractivity contribution in [3.63, 3.8) is 0 Å². The minimum atomic E-state index is -0.0472. The molecular weight excluding hydrogens is 254 g/mol. The molecule has 2 rings (SSSR count). The van der Waals surface area contributed by atoms with Crippen molar-refractivity contribution in [1.82, 2.24) is 0 Å². The molecule has 0 saturated carbocycles. The van der Waals surface area contributed by atoms with Gasteiger partial charge in [-0.15, -0.1) is 0 Å². The minimum Gasteiger partial charge on any atom is -0.497 e. The van der Waals surface area contributed by atoms with Gasteiger partial charge in [0.2, 0.25) is 0 Å². The summed E-state index contributed by atoms with van der Waals surface area (Å²) in [4.78, 5) is 0. The summed E-state index contributed by atoms with van der Waals surface area (Å²) in [7, 11) is 1.65. The van der Waals surface area contributed by atoms with Crippen LogP contribution < -0.4 is 15.2 Å². The summed E-state index contributed by atoms with van der Waals surface area (Å²) in [5.41, 5.74) is 6.99. The number of rotatable bonds is 7. The van der Waals surface area contributed by atoms with Gasteiger partial charge in [0.25, 0.3) is 0 Å². The molecule has 1 saturated heterocycles. The third-order valence-corrected chi connectivity index (χ3v) is 3.66. The van der Waals surface area contributed by atoms with Crippen LogP contribution in [0.5, 0.6) is 11.5 Å². The average molecular weight is 279 g/mol. The summed E-state index contributed by atoms with van der Waals surface area (Å²) < 4.78 is 16.7. The molecule has 20 heavy (non-hydrogen) atoms. The van der Waals surface area contributed by atoms with Crippen LogP contribution in [0.4, 0.5) is 0 Å². The Morgan fingerprint density at radius 1 is 1.45 bits per heavy atom. The number of hydrogen-bond donors (Lipinski definition) is 1. The van der Waals surface area contributed by atoms with Gasteiger partial charge in [-0.2, -0.15) is 0 Å². The molecule has 0 bridgehead atoms. The van der Waals surface area contributed by atoms with Crippen molar-refractivity contribution in [3.8, 4) is 11.5 Å². The largest absolute Gasteiger partial charge is 0.497 e. The first kappa shape index (κ1) is 15.1. The van der Waals surface area contributed by atoms with Crippen LogP contribution in [0.15, 0.2) is 18.2 Å². The Labute approximate surface area is 121 Å². The maximum absolute atomic E-state index is 5.97. The first-order chi connectivity index (χ1) is 9.70. The Balaban J connectivity index is 1.86. The zero-order valence-electron chi connectivity index (χ0n) is 12.4. The van der Waals surface area contributed by atoms with E-state index in [1.807, 2.05) is 25.1 Å². The molecule has 0 amide bonds. The van der Waals surface area contributed by atoms with Crippen molar-refractivity contribution in [2.75, 3.05) is 20.3 Å². The Morgan fingerprint density at radius 3 is 2.95 bits per heavy atom. The summed E-state index contributed by atoms with van der Waals surface area (Å²) in [6, 6.07) is 5.75. The highest BCUT2D eigenvalue weighted by atomic mass is 16.5. The lowest BCUT2D eigenvalue weighted by molar-refractivity contribution is 0.0980. The second-order valence-corrected chi connectivity index (χ2v) is 5.32. The Morgan fingerprint density at radius 2 is 2.30 bits per heavy atom. The predicted octanol–water partition coefficient (Wildman–Crippen LogP) is 3.05. The number of hydrogen-bond acceptors (Lipinski definition) is 4. The molecule has 112 valence electrons. The van der Waals surface area contributed by atoms with Crippen LogP contribution in [0.3, 0.4) is 0 Å². The van der Waals surface area contributed by atoms with Crippen LogP contribution in [-0.2, 0) is 4.74 Å².